The predicted molar refractivity (Wildman–Crippen MR) is 80.0 cm³/mol. The lowest BCUT2D eigenvalue weighted by Crippen LogP contribution is -2.25. The third-order valence-corrected chi connectivity index (χ3v) is 3.98. The summed E-state index contributed by atoms with van der Waals surface area (Å²) in [5, 5.41) is 6.93. The van der Waals surface area contributed by atoms with Crippen molar-refractivity contribution in [3.05, 3.63) is 44.2 Å². The van der Waals surface area contributed by atoms with Crippen LogP contribution in [0.25, 0.3) is 0 Å². The number of pyridine rings is 1. The number of halogens is 1. The van der Waals surface area contributed by atoms with Crippen molar-refractivity contribution in [1.82, 2.24) is 10.3 Å². The number of nitrogens with zero attached hydrogens (tertiary/aromatic N) is 1. The summed E-state index contributed by atoms with van der Waals surface area (Å²) in [6.07, 6.45) is 1.58. The molecule has 0 aromatic carbocycles. The van der Waals surface area contributed by atoms with Gasteiger partial charge in [0.25, 0.3) is 5.91 Å². The maximum absolute atomic E-state index is 12.1. The molecule has 0 atom stereocenters. The molecule has 1 amide bonds. The first-order valence-corrected chi connectivity index (χ1v) is 7.27. The van der Waals surface area contributed by atoms with Gasteiger partial charge in [0, 0.05) is 17.2 Å². The van der Waals surface area contributed by atoms with E-state index in [0.717, 1.165) is 10.0 Å². The van der Waals surface area contributed by atoms with E-state index in [0.29, 0.717) is 17.9 Å². The van der Waals surface area contributed by atoms with E-state index >= 15 is 0 Å². The number of hydrogen-bond acceptors (Lipinski definition) is 5. The van der Waals surface area contributed by atoms with Crippen molar-refractivity contribution in [2.45, 2.75) is 13.5 Å². The number of hydrazine groups is 1. The first-order chi connectivity index (χ1) is 9.11. The van der Waals surface area contributed by atoms with Crippen molar-refractivity contribution >= 4 is 39.0 Å². The smallest absolute Gasteiger partial charge is 0.255 e. The minimum atomic E-state index is -0.215. The average Bonchev–Trinajstić information content (AvgIpc) is 2.81. The minimum Gasteiger partial charge on any atom is -0.348 e. The fraction of sp³-hybridized carbons (Fsp3) is 0.167. The van der Waals surface area contributed by atoms with Gasteiger partial charge in [0.2, 0.25) is 0 Å². The van der Waals surface area contributed by atoms with Crippen LogP contribution in [0.2, 0.25) is 0 Å². The Hall–Kier alpha value is -1.44. The molecule has 7 heteroatoms. The van der Waals surface area contributed by atoms with Crippen LogP contribution in [0.15, 0.2) is 27.5 Å². The first kappa shape index (κ1) is 14.0. The van der Waals surface area contributed by atoms with Crippen LogP contribution < -0.4 is 16.6 Å². The Morgan fingerprint density at radius 3 is 2.95 bits per heavy atom. The van der Waals surface area contributed by atoms with Gasteiger partial charge >= 0.3 is 0 Å². The number of rotatable bonds is 4. The molecule has 100 valence electrons. The molecule has 0 saturated heterocycles. The number of anilines is 1. The summed E-state index contributed by atoms with van der Waals surface area (Å²) in [5.41, 5.74) is 5.11. The lowest BCUT2D eigenvalue weighted by molar-refractivity contribution is 0.0951. The zero-order valence-electron chi connectivity index (χ0n) is 10.2. The molecule has 0 unspecified atom stereocenters. The molecule has 0 radical (unpaired) electrons. The number of amides is 1. The van der Waals surface area contributed by atoms with Crippen molar-refractivity contribution in [3.8, 4) is 0 Å². The summed E-state index contributed by atoms with van der Waals surface area (Å²) in [4.78, 5) is 16.2. The molecule has 0 bridgehead atoms. The molecule has 2 aromatic heterocycles. The van der Waals surface area contributed by atoms with Crippen molar-refractivity contribution in [1.29, 1.82) is 0 Å². The summed E-state index contributed by atoms with van der Waals surface area (Å²) in [6, 6.07) is 1.68. The standard InChI is InChI=1S/C12H13BrN4OS/c1-7-5-19-6-8(7)3-16-12(18)10-2-9(13)4-15-11(10)17-14/h2,4-6H,3,14H2,1H3,(H,15,17)(H,16,18). The quantitative estimate of drug-likeness (QED) is 0.589. The highest BCUT2D eigenvalue weighted by Crippen LogP contribution is 2.18. The molecular weight excluding hydrogens is 328 g/mol. The summed E-state index contributed by atoms with van der Waals surface area (Å²) in [5.74, 6) is 5.48. The van der Waals surface area contributed by atoms with E-state index in [9.17, 15) is 4.79 Å². The summed E-state index contributed by atoms with van der Waals surface area (Å²) in [7, 11) is 0. The predicted octanol–water partition coefficient (Wildman–Crippen LogP) is 2.43. The number of nitrogen functional groups attached to an aromatic ring is 1. The van der Waals surface area contributed by atoms with E-state index in [4.69, 9.17) is 5.84 Å². The van der Waals surface area contributed by atoms with Gasteiger partial charge in [-0.15, -0.1) is 0 Å². The van der Waals surface area contributed by atoms with Crippen LogP contribution in [0.4, 0.5) is 5.82 Å². The maximum Gasteiger partial charge on any atom is 0.255 e. The van der Waals surface area contributed by atoms with Crippen LogP contribution in [0, 0.1) is 6.92 Å². The van der Waals surface area contributed by atoms with E-state index < -0.39 is 0 Å². The maximum atomic E-state index is 12.1. The topological polar surface area (TPSA) is 80.0 Å². The molecule has 0 aliphatic heterocycles. The van der Waals surface area contributed by atoms with E-state index in [1.807, 2.05) is 12.3 Å². The molecule has 19 heavy (non-hydrogen) atoms. The molecule has 4 N–H and O–H groups in total. The van der Waals surface area contributed by atoms with Crippen molar-refractivity contribution in [2.75, 3.05) is 5.43 Å². The Morgan fingerprint density at radius 2 is 2.32 bits per heavy atom. The van der Waals surface area contributed by atoms with Crippen LogP contribution in [-0.2, 0) is 6.54 Å². The normalized spacial score (nSPS) is 10.3. The SMILES string of the molecule is Cc1cscc1CNC(=O)c1cc(Br)cnc1NN. The molecule has 0 aliphatic carbocycles. The third-order valence-electron chi connectivity index (χ3n) is 2.64. The van der Waals surface area contributed by atoms with Gasteiger partial charge < -0.3 is 10.7 Å². The molecular formula is C12H13BrN4OS. The number of hydrogen-bond donors (Lipinski definition) is 3. The largest absolute Gasteiger partial charge is 0.348 e. The van der Waals surface area contributed by atoms with E-state index in [-0.39, 0.29) is 5.91 Å². The van der Waals surface area contributed by atoms with Gasteiger partial charge in [-0.3, -0.25) is 4.79 Å². The Labute approximate surface area is 123 Å². The van der Waals surface area contributed by atoms with Gasteiger partial charge in [-0.2, -0.15) is 11.3 Å². The summed E-state index contributed by atoms with van der Waals surface area (Å²) in [6.45, 7) is 2.51. The van der Waals surface area contributed by atoms with Crippen LogP contribution in [0.5, 0.6) is 0 Å². The first-order valence-electron chi connectivity index (χ1n) is 5.54. The minimum absolute atomic E-state index is 0.215. The van der Waals surface area contributed by atoms with E-state index in [1.54, 1.807) is 23.6 Å². The number of nitrogens with one attached hydrogen (secondary N) is 2. The van der Waals surface area contributed by atoms with Gasteiger partial charge in [0.1, 0.15) is 0 Å². The second-order valence-corrected chi connectivity index (χ2v) is 5.62. The van der Waals surface area contributed by atoms with Crippen LogP contribution in [0.3, 0.4) is 0 Å². The number of thiophene rings is 1. The van der Waals surface area contributed by atoms with Gasteiger partial charge in [0.05, 0.1) is 5.56 Å². The highest BCUT2D eigenvalue weighted by Gasteiger charge is 2.13. The van der Waals surface area contributed by atoms with Crippen LogP contribution in [0.1, 0.15) is 21.5 Å². The highest BCUT2D eigenvalue weighted by molar-refractivity contribution is 9.10. The van der Waals surface area contributed by atoms with Crippen LogP contribution >= 0.6 is 27.3 Å². The second kappa shape index (κ2) is 6.14. The average molecular weight is 341 g/mol. The molecule has 2 rings (SSSR count). The second-order valence-electron chi connectivity index (χ2n) is 3.96. The van der Waals surface area contributed by atoms with Gasteiger partial charge in [-0.05, 0) is 50.8 Å². The molecule has 0 fully saturated rings. The fourth-order valence-corrected chi connectivity index (χ4v) is 2.75. The molecule has 0 spiro atoms. The van der Waals surface area contributed by atoms with E-state index in [2.05, 4.69) is 37.0 Å². The molecule has 2 aromatic rings. The Balaban J connectivity index is 2.12. The molecule has 0 aliphatic rings. The van der Waals surface area contributed by atoms with Crippen molar-refractivity contribution in [2.24, 2.45) is 5.84 Å². The van der Waals surface area contributed by atoms with E-state index in [1.165, 1.54) is 5.56 Å². The Kier molecular flexibility index (Phi) is 4.52. The third kappa shape index (κ3) is 3.31. The number of carbonyl (C=O) groups excluding carboxylic acids is 1. The number of nitrogens with two attached hydrogens (primary N) is 1. The van der Waals surface area contributed by atoms with Gasteiger partial charge in [-0.1, -0.05) is 0 Å². The zero-order valence-corrected chi connectivity index (χ0v) is 12.6. The Morgan fingerprint density at radius 1 is 1.53 bits per heavy atom. The van der Waals surface area contributed by atoms with Gasteiger partial charge in [0.15, 0.2) is 5.82 Å². The summed E-state index contributed by atoms with van der Waals surface area (Å²) < 4.78 is 0.725. The lowest BCUT2D eigenvalue weighted by atomic mass is 10.2. The number of aryl methyl sites for hydroxylation is 1. The molecule has 0 saturated carbocycles. The molecule has 5 nitrogen and oxygen atoms in total. The fourth-order valence-electron chi connectivity index (χ4n) is 1.57. The molecule has 2 heterocycles. The van der Waals surface area contributed by atoms with Crippen molar-refractivity contribution in [3.63, 3.8) is 0 Å². The van der Waals surface area contributed by atoms with Gasteiger partial charge in [-0.25, -0.2) is 10.8 Å². The van der Waals surface area contributed by atoms with Crippen molar-refractivity contribution < 1.29 is 4.79 Å². The lowest BCUT2D eigenvalue weighted by Gasteiger charge is -2.09. The Bertz CT molecular complexity index is 599. The number of carbonyl (C=O) groups is 1. The monoisotopic (exact) mass is 340 g/mol. The zero-order chi connectivity index (χ0) is 13.8. The highest BCUT2D eigenvalue weighted by atomic mass is 79.9. The van der Waals surface area contributed by atoms with Crippen LogP contribution in [-0.4, -0.2) is 10.9 Å². The number of aromatic nitrogens is 1. The summed E-state index contributed by atoms with van der Waals surface area (Å²) >= 11 is 4.91.